The Hall–Kier alpha value is -0.220. The summed E-state index contributed by atoms with van der Waals surface area (Å²) in [6.45, 7) is 0.894. The third-order valence-corrected chi connectivity index (χ3v) is 3.01. The van der Waals surface area contributed by atoms with Gasteiger partial charge in [-0.2, -0.15) is 0 Å². The summed E-state index contributed by atoms with van der Waals surface area (Å²) in [4.78, 5) is 0. The lowest BCUT2D eigenvalue weighted by Gasteiger charge is -2.10. The van der Waals surface area contributed by atoms with Crippen molar-refractivity contribution in [2.75, 3.05) is 13.2 Å². The highest BCUT2D eigenvalue weighted by Crippen LogP contribution is 2.51. The van der Waals surface area contributed by atoms with Gasteiger partial charge in [-0.25, -0.2) is 8.78 Å². The fraction of sp³-hybridized carbons (Fsp3) is 1.00. The molecule has 2 aliphatic rings. The van der Waals surface area contributed by atoms with E-state index >= 15 is 0 Å². The van der Waals surface area contributed by atoms with Crippen LogP contribution in [0.25, 0.3) is 0 Å². The molecule has 0 spiro atoms. The number of alkyl halides is 2. The number of rotatable bonds is 3. The third kappa shape index (κ3) is 1.99. The van der Waals surface area contributed by atoms with Gasteiger partial charge in [-0.05, 0) is 12.8 Å². The van der Waals surface area contributed by atoms with Gasteiger partial charge in [-0.15, -0.1) is 0 Å². The molecule has 1 saturated heterocycles. The maximum absolute atomic E-state index is 12.5. The Balaban J connectivity index is 1.68. The van der Waals surface area contributed by atoms with Gasteiger partial charge in [0.1, 0.15) is 0 Å². The summed E-state index contributed by atoms with van der Waals surface area (Å²) in [5, 5.41) is 9.34. The van der Waals surface area contributed by atoms with Crippen LogP contribution in [-0.2, 0) is 4.74 Å². The summed E-state index contributed by atoms with van der Waals surface area (Å²) in [6, 6.07) is 0. The van der Waals surface area contributed by atoms with E-state index in [-0.39, 0.29) is 12.3 Å². The minimum Gasteiger partial charge on any atom is -0.390 e. The van der Waals surface area contributed by atoms with Crippen molar-refractivity contribution in [2.45, 2.75) is 31.3 Å². The molecule has 2 rings (SSSR count). The maximum atomic E-state index is 12.5. The van der Waals surface area contributed by atoms with E-state index in [0.29, 0.717) is 26.1 Å². The Morgan fingerprint density at radius 3 is 2.46 bits per heavy atom. The summed E-state index contributed by atoms with van der Waals surface area (Å²) in [7, 11) is 0. The molecule has 1 heterocycles. The predicted octanol–water partition coefficient (Wildman–Crippen LogP) is 1.43. The first kappa shape index (κ1) is 9.34. The Morgan fingerprint density at radius 1 is 1.31 bits per heavy atom. The van der Waals surface area contributed by atoms with Crippen molar-refractivity contribution >= 4 is 0 Å². The summed E-state index contributed by atoms with van der Waals surface area (Å²) in [5.41, 5.74) is 0. The second kappa shape index (κ2) is 3.17. The van der Waals surface area contributed by atoms with Crippen molar-refractivity contribution in [2.24, 2.45) is 11.8 Å². The van der Waals surface area contributed by atoms with Crippen LogP contribution in [-0.4, -0.2) is 30.3 Å². The fourth-order valence-electron chi connectivity index (χ4n) is 1.86. The minimum atomic E-state index is -2.41. The van der Waals surface area contributed by atoms with E-state index in [1.807, 2.05) is 0 Å². The quantitative estimate of drug-likeness (QED) is 0.733. The molecule has 0 aromatic heterocycles. The van der Waals surface area contributed by atoms with Crippen LogP contribution in [0.4, 0.5) is 8.78 Å². The van der Waals surface area contributed by atoms with Crippen LogP contribution in [0.15, 0.2) is 0 Å². The maximum Gasteiger partial charge on any atom is 0.251 e. The van der Waals surface area contributed by atoms with Gasteiger partial charge >= 0.3 is 0 Å². The molecule has 0 amide bonds. The first-order chi connectivity index (χ1) is 6.09. The number of ether oxygens (including phenoxy) is 1. The van der Waals surface area contributed by atoms with Crippen LogP contribution in [0.2, 0.25) is 0 Å². The molecule has 0 aromatic rings. The van der Waals surface area contributed by atoms with Crippen molar-refractivity contribution in [1.82, 2.24) is 0 Å². The number of hydrogen-bond acceptors (Lipinski definition) is 2. The monoisotopic (exact) mass is 192 g/mol. The van der Waals surface area contributed by atoms with Crippen LogP contribution < -0.4 is 0 Å². The normalized spacial score (nSPS) is 42.2. The van der Waals surface area contributed by atoms with E-state index in [1.165, 1.54) is 0 Å². The highest BCUT2D eigenvalue weighted by Gasteiger charge is 2.56. The highest BCUT2D eigenvalue weighted by molar-refractivity contribution is 4.95. The molecule has 1 unspecified atom stereocenters. The van der Waals surface area contributed by atoms with Crippen molar-refractivity contribution < 1.29 is 18.6 Å². The zero-order valence-corrected chi connectivity index (χ0v) is 7.38. The number of hydrogen-bond donors (Lipinski definition) is 1. The molecular formula is C9H14F2O2. The lowest BCUT2D eigenvalue weighted by Crippen LogP contribution is -2.17. The van der Waals surface area contributed by atoms with E-state index in [9.17, 15) is 13.9 Å². The number of halogens is 2. The first-order valence-corrected chi connectivity index (χ1v) is 4.73. The van der Waals surface area contributed by atoms with Gasteiger partial charge in [-0.3, -0.25) is 0 Å². The molecular weight excluding hydrogens is 178 g/mol. The average Bonchev–Trinajstić information content (AvgIpc) is 2.47. The first-order valence-electron chi connectivity index (χ1n) is 4.73. The van der Waals surface area contributed by atoms with Crippen LogP contribution in [0, 0.1) is 11.8 Å². The minimum absolute atomic E-state index is 0.0384. The molecule has 1 aliphatic carbocycles. The van der Waals surface area contributed by atoms with E-state index in [1.54, 1.807) is 0 Å². The van der Waals surface area contributed by atoms with E-state index in [0.717, 1.165) is 0 Å². The van der Waals surface area contributed by atoms with E-state index in [2.05, 4.69) is 0 Å². The molecule has 4 heteroatoms. The molecule has 2 nitrogen and oxygen atoms in total. The van der Waals surface area contributed by atoms with Gasteiger partial charge in [0.2, 0.25) is 0 Å². The summed E-state index contributed by atoms with van der Waals surface area (Å²) >= 11 is 0. The largest absolute Gasteiger partial charge is 0.390 e. The lowest BCUT2D eigenvalue weighted by atomic mass is 9.98. The Labute approximate surface area is 75.9 Å². The SMILES string of the molecule is O[C@@H]1COC[C@H]1CCC1CC1(F)F. The van der Waals surface area contributed by atoms with Gasteiger partial charge in [0.25, 0.3) is 5.92 Å². The van der Waals surface area contributed by atoms with Crippen molar-refractivity contribution in [3.63, 3.8) is 0 Å². The van der Waals surface area contributed by atoms with Crippen LogP contribution in [0.5, 0.6) is 0 Å². The molecule has 13 heavy (non-hydrogen) atoms. The molecule has 2 fully saturated rings. The third-order valence-electron chi connectivity index (χ3n) is 3.01. The zero-order chi connectivity index (χ0) is 9.47. The molecule has 1 aliphatic heterocycles. The second-order valence-electron chi connectivity index (χ2n) is 4.10. The van der Waals surface area contributed by atoms with E-state index < -0.39 is 17.9 Å². The molecule has 0 bridgehead atoms. The standard InChI is InChI=1S/C9H14F2O2/c10-9(11)3-7(9)2-1-6-4-13-5-8(6)12/h6-8,12H,1-5H2/t6-,7?,8-/m1/s1. The average molecular weight is 192 g/mol. The Morgan fingerprint density at radius 2 is 2.00 bits per heavy atom. The molecule has 0 aromatic carbocycles. The van der Waals surface area contributed by atoms with Gasteiger partial charge in [0.05, 0.1) is 19.3 Å². The van der Waals surface area contributed by atoms with Gasteiger partial charge < -0.3 is 9.84 Å². The molecule has 1 saturated carbocycles. The van der Waals surface area contributed by atoms with Crippen molar-refractivity contribution in [1.29, 1.82) is 0 Å². The zero-order valence-electron chi connectivity index (χ0n) is 7.38. The predicted molar refractivity (Wildman–Crippen MR) is 42.6 cm³/mol. The topological polar surface area (TPSA) is 29.5 Å². The van der Waals surface area contributed by atoms with Gasteiger partial charge in [-0.1, -0.05) is 0 Å². The van der Waals surface area contributed by atoms with Gasteiger partial charge in [0.15, 0.2) is 0 Å². The summed E-state index contributed by atoms with van der Waals surface area (Å²) in [5.74, 6) is -2.76. The van der Waals surface area contributed by atoms with Gasteiger partial charge in [0, 0.05) is 18.3 Å². The van der Waals surface area contributed by atoms with Crippen LogP contribution >= 0.6 is 0 Å². The Kier molecular flexibility index (Phi) is 2.28. The smallest absolute Gasteiger partial charge is 0.251 e. The number of aliphatic hydroxyl groups excluding tert-OH is 1. The lowest BCUT2D eigenvalue weighted by molar-refractivity contribution is 0.0907. The second-order valence-corrected chi connectivity index (χ2v) is 4.10. The summed E-state index contributed by atoms with van der Waals surface area (Å²) in [6.07, 6.45) is 0.795. The van der Waals surface area contributed by atoms with Crippen molar-refractivity contribution in [3.8, 4) is 0 Å². The highest BCUT2D eigenvalue weighted by atomic mass is 19.3. The van der Waals surface area contributed by atoms with E-state index in [4.69, 9.17) is 4.74 Å². The summed E-state index contributed by atoms with van der Waals surface area (Å²) < 4.78 is 30.0. The van der Waals surface area contributed by atoms with Crippen LogP contribution in [0.3, 0.4) is 0 Å². The van der Waals surface area contributed by atoms with Crippen LogP contribution in [0.1, 0.15) is 19.3 Å². The molecule has 3 atom stereocenters. The molecule has 0 radical (unpaired) electrons. The Bertz CT molecular complexity index is 196. The number of aliphatic hydroxyl groups is 1. The molecule has 76 valence electrons. The van der Waals surface area contributed by atoms with Crippen molar-refractivity contribution in [3.05, 3.63) is 0 Å². The fourth-order valence-corrected chi connectivity index (χ4v) is 1.86. The molecule has 1 N–H and O–H groups in total.